The Balaban J connectivity index is 1.99. The van der Waals surface area contributed by atoms with Crippen molar-refractivity contribution in [3.8, 4) is 5.75 Å². The van der Waals surface area contributed by atoms with Crippen LogP contribution in [0, 0.1) is 11.7 Å². The van der Waals surface area contributed by atoms with Crippen molar-refractivity contribution >= 4 is 0 Å². The Bertz CT molecular complexity index is 403. The summed E-state index contributed by atoms with van der Waals surface area (Å²) in [6.45, 7) is 5.21. The maximum Gasteiger partial charge on any atom is 0.130 e. The Morgan fingerprint density at radius 2 is 2.11 bits per heavy atom. The molecule has 18 heavy (non-hydrogen) atoms. The highest BCUT2D eigenvalue weighted by molar-refractivity contribution is 5.31. The molecule has 1 aliphatic rings. The highest BCUT2D eigenvalue weighted by Gasteiger charge is 2.23. The molecule has 2 nitrogen and oxygen atoms in total. The van der Waals surface area contributed by atoms with Gasteiger partial charge in [-0.05, 0) is 42.9 Å². The maximum atomic E-state index is 14.0. The van der Waals surface area contributed by atoms with Gasteiger partial charge in [-0.2, -0.15) is 0 Å². The number of rotatable bonds is 6. The Labute approximate surface area is 109 Å². The zero-order valence-corrected chi connectivity index (χ0v) is 11.4. The molecule has 0 radical (unpaired) electrons. The molecule has 3 heteroatoms. The van der Waals surface area contributed by atoms with Crippen LogP contribution in [-0.2, 0) is 0 Å². The number of hydrogen-bond donors (Lipinski definition) is 1. The lowest BCUT2D eigenvalue weighted by molar-refractivity contribution is 0.405. The van der Waals surface area contributed by atoms with Crippen LogP contribution in [-0.4, -0.2) is 19.7 Å². The second-order valence-corrected chi connectivity index (χ2v) is 5.34. The molecule has 0 aromatic heterocycles. The van der Waals surface area contributed by atoms with E-state index >= 15 is 0 Å². The van der Waals surface area contributed by atoms with Crippen LogP contribution >= 0.6 is 0 Å². The smallest absolute Gasteiger partial charge is 0.130 e. The number of halogens is 1. The minimum Gasteiger partial charge on any atom is -0.497 e. The summed E-state index contributed by atoms with van der Waals surface area (Å²) >= 11 is 0. The minimum atomic E-state index is -0.167. The molecular formula is C15H22FNO. The van der Waals surface area contributed by atoms with Crippen molar-refractivity contribution in [2.75, 3.05) is 13.7 Å². The second kappa shape index (κ2) is 5.70. The first-order valence-corrected chi connectivity index (χ1v) is 6.68. The quantitative estimate of drug-likeness (QED) is 0.837. The third-order valence-corrected chi connectivity index (χ3v) is 3.86. The average molecular weight is 251 g/mol. The van der Waals surface area contributed by atoms with E-state index in [4.69, 9.17) is 4.74 Å². The fourth-order valence-corrected chi connectivity index (χ4v) is 2.13. The molecule has 1 fully saturated rings. The molecule has 0 saturated heterocycles. The lowest BCUT2D eigenvalue weighted by Crippen LogP contribution is -2.26. The Morgan fingerprint density at radius 1 is 1.39 bits per heavy atom. The molecule has 1 aromatic carbocycles. The molecule has 0 bridgehead atoms. The molecule has 2 rings (SSSR count). The van der Waals surface area contributed by atoms with Gasteiger partial charge in [0.1, 0.15) is 11.6 Å². The van der Waals surface area contributed by atoms with Crippen molar-refractivity contribution in [3.63, 3.8) is 0 Å². The largest absolute Gasteiger partial charge is 0.497 e. The van der Waals surface area contributed by atoms with E-state index in [9.17, 15) is 4.39 Å². The molecule has 0 aliphatic heterocycles. The van der Waals surface area contributed by atoms with Crippen LogP contribution in [0.15, 0.2) is 18.2 Å². The van der Waals surface area contributed by atoms with Gasteiger partial charge < -0.3 is 10.1 Å². The Kier molecular flexibility index (Phi) is 4.23. The van der Waals surface area contributed by atoms with Crippen LogP contribution in [0.5, 0.6) is 5.75 Å². The van der Waals surface area contributed by atoms with Crippen molar-refractivity contribution in [2.45, 2.75) is 38.6 Å². The van der Waals surface area contributed by atoms with Gasteiger partial charge in [0.05, 0.1) is 7.11 Å². The van der Waals surface area contributed by atoms with E-state index in [0.717, 1.165) is 12.1 Å². The average Bonchev–Trinajstić information content (AvgIpc) is 3.19. The van der Waals surface area contributed by atoms with Gasteiger partial charge in [-0.25, -0.2) is 4.39 Å². The lowest BCUT2D eigenvalue weighted by atomic mass is 9.88. The van der Waals surface area contributed by atoms with Gasteiger partial charge in [-0.15, -0.1) is 0 Å². The zero-order valence-electron chi connectivity index (χ0n) is 11.4. The van der Waals surface area contributed by atoms with Crippen LogP contribution in [0.1, 0.15) is 38.2 Å². The van der Waals surface area contributed by atoms with Gasteiger partial charge in [-0.3, -0.25) is 0 Å². The summed E-state index contributed by atoms with van der Waals surface area (Å²) in [5.74, 6) is 1.04. The Morgan fingerprint density at radius 3 is 2.67 bits per heavy atom. The van der Waals surface area contributed by atoms with Crippen molar-refractivity contribution < 1.29 is 9.13 Å². The van der Waals surface area contributed by atoms with Gasteiger partial charge in [0.2, 0.25) is 0 Å². The number of benzene rings is 1. The van der Waals surface area contributed by atoms with Crippen LogP contribution in [0.3, 0.4) is 0 Å². The molecule has 2 unspecified atom stereocenters. The van der Waals surface area contributed by atoms with Crippen LogP contribution in [0.4, 0.5) is 4.39 Å². The first kappa shape index (κ1) is 13.3. The van der Waals surface area contributed by atoms with Crippen LogP contribution < -0.4 is 10.1 Å². The highest BCUT2D eigenvalue weighted by atomic mass is 19.1. The molecule has 2 atom stereocenters. The van der Waals surface area contributed by atoms with Crippen molar-refractivity contribution in [1.29, 1.82) is 0 Å². The fourth-order valence-electron chi connectivity index (χ4n) is 2.13. The molecule has 0 spiro atoms. The van der Waals surface area contributed by atoms with Gasteiger partial charge in [-0.1, -0.05) is 19.9 Å². The molecule has 1 aromatic rings. The van der Waals surface area contributed by atoms with E-state index in [0.29, 0.717) is 17.7 Å². The van der Waals surface area contributed by atoms with Crippen molar-refractivity contribution in [2.24, 2.45) is 5.92 Å². The summed E-state index contributed by atoms with van der Waals surface area (Å²) in [6.07, 6.45) is 2.58. The number of nitrogens with one attached hydrogen (secondary N) is 1. The van der Waals surface area contributed by atoms with Crippen molar-refractivity contribution in [3.05, 3.63) is 29.6 Å². The van der Waals surface area contributed by atoms with Gasteiger partial charge in [0, 0.05) is 12.1 Å². The molecule has 0 heterocycles. The number of hydrogen-bond acceptors (Lipinski definition) is 2. The maximum absolute atomic E-state index is 14.0. The first-order chi connectivity index (χ1) is 8.61. The molecule has 1 saturated carbocycles. The van der Waals surface area contributed by atoms with E-state index in [1.807, 2.05) is 12.1 Å². The number of ether oxygens (including phenoxy) is 1. The predicted molar refractivity (Wildman–Crippen MR) is 71.6 cm³/mol. The van der Waals surface area contributed by atoms with Gasteiger partial charge >= 0.3 is 0 Å². The first-order valence-electron chi connectivity index (χ1n) is 6.68. The summed E-state index contributed by atoms with van der Waals surface area (Å²) in [5, 5.41) is 3.50. The van der Waals surface area contributed by atoms with Crippen molar-refractivity contribution in [1.82, 2.24) is 5.32 Å². The molecular weight excluding hydrogens is 229 g/mol. The van der Waals surface area contributed by atoms with E-state index < -0.39 is 0 Å². The summed E-state index contributed by atoms with van der Waals surface area (Å²) < 4.78 is 19.0. The summed E-state index contributed by atoms with van der Waals surface area (Å²) in [5.41, 5.74) is 0.779. The molecule has 100 valence electrons. The van der Waals surface area contributed by atoms with Crippen LogP contribution in [0.25, 0.3) is 0 Å². The lowest BCUT2D eigenvalue weighted by Gasteiger charge is -2.21. The monoisotopic (exact) mass is 251 g/mol. The standard InChI is InChI=1S/C15H22FNO/c1-10(9-17-12-4-5-12)11(2)14-7-6-13(18-3)8-15(14)16/h6-8,10-12,17H,4-5,9H2,1-3H3. The fraction of sp³-hybridized carbons (Fsp3) is 0.600. The highest BCUT2D eigenvalue weighted by Crippen LogP contribution is 2.29. The van der Waals surface area contributed by atoms with E-state index in [1.54, 1.807) is 7.11 Å². The summed E-state index contributed by atoms with van der Waals surface area (Å²) in [6, 6.07) is 5.84. The minimum absolute atomic E-state index is 0.167. The molecule has 0 amide bonds. The summed E-state index contributed by atoms with van der Waals surface area (Å²) in [4.78, 5) is 0. The topological polar surface area (TPSA) is 21.3 Å². The molecule has 1 N–H and O–H groups in total. The number of methoxy groups -OCH3 is 1. The SMILES string of the molecule is COc1ccc(C(C)C(C)CNC2CC2)c(F)c1. The van der Waals surface area contributed by atoms with Gasteiger partial charge in [0.25, 0.3) is 0 Å². The van der Waals surface area contributed by atoms with E-state index in [2.05, 4.69) is 19.2 Å². The Hall–Kier alpha value is -1.09. The second-order valence-electron chi connectivity index (χ2n) is 5.34. The third kappa shape index (κ3) is 3.22. The summed E-state index contributed by atoms with van der Waals surface area (Å²) in [7, 11) is 1.56. The third-order valence-electron chi connectivity index (χ3n) is 3.86. The van der Waals surface area contributed by atoms with Crippen LogP contribution in [0.2, 0.25) is 0 Å². The zero-order chi connectivity index (χ0) is 13.1. The van der Waals surface area contributed by atoms with Gasteiger partial charge in [0.15, 0.2) is 0 Å². The predicted octanol–water partition coefficient (Wildman–Crippen LogP) is 3.33. The van der Waals surface area contributed by atoms with E-state index in [-0.39, 0.29) is 11.7 Å². The molecule has 1 aliphatic carbocycles. The normalized spacial score (nSPS) is 18.4. The van der Waals surface area contributed by atoms with E-state index in [1.165, 1.54) is 18.9 Å².